The zero-order valence-electron chi connectivity index (χ0n) is 10.7. The lowest BCUT2D eigenvalue weighted by molar-refractivity contribution is -0.116. The number of hydrogen-bond donors (Lipinski definition) is 2. The van der Waals surface area contributed by atoms with E-state index in [1.165, 1.54) is 7.11 Å². The number of amides is 2. The van der Waals surface area contributed by atoms with Crippen LogP contribution in [0.5, 0.6) is 5.75 Å². The van der Waals surface area contributed by atoms with Crippen molar-refractivity contribution >= 4 is 23.7 Å². The first kappa shape index (κ1) is 14.0. The van der Waals surface area contributed by atoms with Crippen molar-refractivity contribution in [3.8, 4) is 5.75 Å². The van der Waals surface area contributed by atoms with E-state index >= 15 is 0 Å². The van der Waals surface area contributed by atoms with Gasteiger partial charge in [0.15, 0.2) is 0 Å². The Balaban J connectivity index is 2.75. The van der Waals surface area contributed by atoms with E-state index in [4.69, 9.17) is 4.74 Å². The van der Waals surface area contributed by atoms with E-state index in [9.17, 15) is 9.59 Å². The van der Waals surface area contributed by atoms with Gasteiger partial charge in [0, 0.05) is 18.2 Å². The predicted molar refractivity (Wildman–Crippen MR) is 70.8 cm³/mol. The second-order valence-corrected chi connectivity index (χ2v) is 3.83. The number of carbonyl (C=O) groups excluding carboxylic acids is 2. The Labute approximate surface area is 107 Å². The van der Waals surface area contributed by atoms with Gasteiger partial charge in [-0.15, -0.1) is 0 Å². The molecule has 0 aliphatic heterocycles. The van der Waals surface area contributed by atoms with E-state index in [0.717, 1.165) is 12.8 Å². The molecular formula is C13H18N2O3. The van der Waals surface area contributed by atoms with Gasteiger partial charge in [-0.3, -0.25) is 9.59 Å². The molecule has 18 heavy (non-hydrogen) atoms. The zero-order chi connectivity index (χ0) is 13.4. The lowest BCUT2D eigenvalue weighted by atomic mass is 10.2. The molecule has 5 nitrogen and oxygen atoms in total. The minimum absolute atomic E-state index is 0.0359. The number of hydrogen-bond acceptors (Lipinski definition) is 3. The molecule has 2 N–H and O–H groups in total. The van der Waals surface area contributed by atoms with Gasteiger partial charge in [0.25, 0.3) is 0 Å². The summed E-state index contributed by atoms with van der Waals surface area (Å²) in [5.41, 5.74) is 1.23. The van der Waals surface area contributed by atoms with Gasteiger partial charge < -0.3 is 15.4 Å². The molecule has 5 heteroatoms. The lowest BCUT2D eigenvalue weighted by Gasteiger charge is -2.11. The van der Waals surface area contributed by atoms with Gasteiger partial charge in [0.05, 0.1) is 12.8 Å². The van der Waals surface area contributed by atoms with Crippen molar-refractivity contribution in [2.45, 2.75) is 26.2 Å². The highest BCUT2D eigenvalue weighted by molar-refractivity contribution is 5.92. The molecule has 0 spiro atoms. The van der Waals surface area contributed by atoms with E-state index in [1.807, 2.05) is 6.92 Å². The molecule has 0 saturated carbocycles. The SMILES string of the molecule is CCCCC(=O)Nc1ccc(NC=O)cc1OC. The third-order valence-corrected chi connectivity index (χ3v) is 2.46. The Morgan fingerprint density at radius 2 is 2.22 bits per heavy atom. The molecule has 2 amide bonds. The second kappa shape index (κ2) is 7.32. The van der Waals surface area contributed by atoms with E-state index in [2.05, 4.69) is 10.6 Å². The van der Waals surface area contributed by atoms with Crippen LogP contribution < -0.4 is 15.4 Å². The van der Waals surface area contributed by atoms with Crippen LogP contribution in [-0.2, 0) is 9.59 Å². The molecule has 98 valence electrons. The summed E-state index contributed by atoms with van der Waals surface area (Å²) in [5.74, 6) is 0.484. The summed E-state index contributed by atoms with van der Waals surface area (Å²) < 4.78 is 5.17. The minimum Gasteiger partial charge on any atom is -0.494 e. The van der Waals surface area contributed by atoms with Crippen LogP contribution >= 0.6 is 0 Å². The molecule has 0 bridgehead atoms. The molecular weight excluding hydrogens is 232 g/mol. The number of rotatable bonds is 7. The van der Waals surface area contributed by atoms with Crippen LogP contribution in [0.25, 0.3) is 0 Å². The number of ether oxygens (including phenoxy) is 1. The fourth-order valence-corrected chi connectivity index (χ4v) is 1.50. The van der Waals surface area contributed by atoms with Crippen molar-refractivity contribution in [2.75, 3.05) is 17.7 Å². The fourth-order valence-electron chi connectivity index (χ4n) is 1.50. The molecule has 0 aliphatic rings. The third kappa shape index (κ3) is 4.08. The Morgan fingerprint density at radius 3 is 2.83 bits per heavy atom. The smallest absolute Gasteiger partial charge is 0.224 e. The van der Waals surface area contributed by atoms with Gasteiger partial charge in [0.1, 0.15) is 5.75 Å². The largest absolute Gasteiger partial charge is 0.494 e. The van der Waals surface area contributed by atoms with Crippen molar-refractivity contribution in [1.82, 2.24) is 0 Å². The van der Waals surface area contributed by atoms with Crippen LogP contribution in [0.1, 0.15) is 26.2 Å². The maximum absolute atomic E-state index is 11.6. The van der Waals surface area contributed by atoms with E-state index < -0.39 is 0 Å². The Bertz CT molecular complexity index is 419. The maximum atomic E-state index is 11.6. The first-order valence-electron chi connectivity index (χ1n) is 5.89. The first-order valence-corrected chi connectivity index (χ1v) is 5.89. The number of carbonyl (C=O) groups is 2. The Hall–Kier alpha value is -2.04. The lowest BCUT2D eigenvalue weighted by Crippen LogP contribution is -2.12. The van der Waals surface area contributed by atoms with Crippen molar-refractivity contribution in [3.05, 3.63) is 18.2 Å². The molecule has 0 aromatic heterocycles. The number of nitrogens with one attached hydrogen (secondary N) is 2. The van der Waals surface area contributed by atoms with Gasteiger partial charge in [-0.2, -0.15) is 0 Å². The maximum Gasteiger partial charge on any atom is 0.224 e. The molecule has 0 unspecified atom stereocenters. The summed E-state index contributed by atoms with van der Waals surface area (Å²) in [6.07, 6.45) is 2.92. The first-order chi connectivity index (χ1) is 8.71. The molecule has 1 aromatic rings. The van der Waals surface area contributed by atoms with E-state index in [1.54, 1.807) is 18.2 Å². The van der Waals surface area contributed by atoms with Crippen LogP contribution in [0.3, 0.4) is 0 Å². The Kier molecular flexibility index (Phi) is 5.70. The minimum atomic E-state index is -0.0359. The standard InChI is InChI=1S/C13H18N2O3/c1-3-4-5-13(17)15-11-7-6-10(14-9-16)8-12(11)18-2/h6-9H,3-5H2,1-2H3,(H,14,16)(H,15,17). The normalized spacial score (nSPS) is 9.67. The van der Waals surface area contributed by atoms with Crippen molar-refractivity contribution < 1.29 is 14.3 Å². The summed E-state index contributed by atoms with van der Waals surface area (Å²) in [5, 5.41) is 5.31. The van der Waals surface area contributed by atoms with Crippen LogP contribution in [0.2, 0.25) is 0 Å². The Morgan fingerprint density at radius 1 is 1.44 bits per heavy atom. The monoisotopic (exact) mass is 250 g/mol. The van der Waals surface area contributed by atoms with Gasteiger partial charge in [-0.1, -0.05) is 13.3 Å². The molecule has 0 saturated heterocycles. The van der Waals surface area contributed by atoms with Crippen molar-refractivity contribution in [2.24, 2.45) is 0 Å². The topological polar surface area (TPSA) is 67.4 Å². The van der Waals surface area contributed by atoms with Crippen LogP contribution in [-0.4, -0.2) is 19.4 Å². The van der Waals surface area contributed by atoms with E-state index in [-0.39, 0.29) is 5.91 Å². The van der Waals surface area contributed by atoms with E-state index in [0.29, 0.717) is 30.0 Å². The molecule has 1 aromatic carbocycles. The molecule has 0 heterocycles. The molecule has 0 atom stereocenters. The fraction of sp³-hybridized carbons (Fsp3) is 0.385. The molecule has 0 fully saturated rings. The molecule has 0 aliphatic carbocycles. The highest BCUT2D eigenvalue weighted by Crippen LogP contribution is 2.27. The van der Waals surface area contributed by atoms with Gasteiger partial charge >= 0.3 is 0 Å². The van der Waals surface area contributed by atoms with Gasteiger partial charge in [-0.05, 0) is 18.6 Å². The average molecular weight is 250 g/mol. The highest BCUT2D eigenvalue weighted by Gasteiger charge is 2.07. The second-order valence-electron chi connectivity index (χ2n) is 3.83. The molecule has 1 rings (SSSR count). The highest BCUT2D eigenvalue weighted by atomic mass is 16.5. The number of methoxy groups -OCH3 is 1. The van der Waals surface area contributed by atoms with Crippen LogP contribution in [0.4, 0.5) is 11.4 Å². The summed E-state index contributed by atoms with van der Waals surface area (Å²) >= 11 is 0. The van der Waals surface area contributed by atoms with Crippen molar-refractivity contribution in [3.63, 3.8) is 0 Å². The van der Waals surface area contributed by atoms with Crippen molar-refractivity contribution in [1.29, 1.82) is 0 Å². The van der Waals surface area contributed by atoms with Gasteiger partial charge in [0.2, 0.25) is 12.3 Å². The summed E-state index contributed by atoms with van der Waals surface area (Å²) in [7, 11) is 1.52. The average Bonchev–Trinajstić information content (AvgIpc) is 2.38. The van der Waals surface area contributed by atoms with Crippen LogP contribution in [0.15, 0.2) is 18.2 Å². The summed E-state index contributed by atoms with van der Waals surface area (Å²) in [6.45, 7) is 2.04. The zero-order valence-corrected chi connectivity index (χ0v) is 10.7. The number of anilines is 2. The summed E-state index contributed by atoms with van der Waals surface area (Å²) in [6, 6.07) is 5.06. The number of unbranched alkanes of at least 4 members (excludes halogenated alkanes) is 1. The van der Waals surface area contributed by atoms with Crippen LogP contribution in [0, 0.1) is 0 Å². The summed E-state index contributed by atoms with van der Waals surface area (Å²) in [4.78, 5) is 21.9. The number of benzene rings is 1. The quantitative estimate of drug-likeness (QED) is 0.730. The third-order valence-electron chi connectivity index (χ3n) is 2.46. The predicted octanol–water partition coefficient (Wildman–Crippen LogP) is 2.39. The molecule has 0 radical (unpaired) electrons. The van der Waals surface area contributed by atoms with Gasteiger partial charge in [-0.25, -0.2) is 0 Å².